The quantitative estimate of drug-likeness (QED) is 0.803. The van der Waals surface area contributed by atoms with E-state index in [1.54, 1.807) is 34.6 Å². The van der Waals surface area contributed by atoms with E-state index in [1.165, 1.54) is 0 Å². The van der Waals surface area contributed by atoms with Crippen LogP contribution in [0.15, 0.2) is 0 Å². The van der Waals surface area contributed by atoms with Crippen LogP contribution in [-0.4, -0.2) is 40.5 Å². The summed E-state index contributed by atoms with van der Waals surface area (Å²) in [6.07, 6.45) is -0.285. The highest BCUT2D eigenvalue weighted by Gasteiger charge is 2.48. The van der Waals surface area contributed by atoms with Crippen molar-refractivity contribution in [1.82, 2.24) is 5.32 Å². The third kappa shape index (κ3) is 4.38. The van der Waals surface area contributed by atoms with Crippen LogP contribution in [0.25, 0.3) is 0 Å². The van der Waals surface area contributed by atoms with Crippen molar-refractivity contribution in [1.29, 1.82) is 0 Å². The fourth-order valence-electron chi connectivity index (χ4n) is 2.21. The average molecular weight is 273 g/mol. The highest BCUT2D eigenvalue weighted by Crippen LogP contribution is 2.32. The van der Waals surface area contributed by atoms with E-state index in [2.05, 4.69) is 5.32 Å². The van der Waals surface area contributed by atoms with Crippen molar-refractivity contribution < 1.29 is 24.2 Å². The Balaban J connectivity index is 2.84. The zero-order valence-corrected chi connectivity index (χ0v) is 12.2. The lowest BCUT2D eigenvalue weighted by Crippen LogP contribution is -2.61. The minimum Gasteiger partial charge on any atom is -0.479 e. The van der Waals surface area contributed by atoms with Crippen molar-refractivity contribution in [3.05, 3.63) is 0 Å². The van der Waals surface area contributed by atoms with E-state index < -0.39 is 28.8 Å². The Morgan fingerprint density at radius 2 is 1.89 bits per heavy atom. The van der Waals surface area contributed by atoms with Crippen LogP contribution in [0.5, 0.6) is 0 Å². The van der Waals surface area contributed by atoms with Gasteiger partial charge in [0.1, 0.15) is 11.1 Å². The number of hydrogen-bond donors (Lipinski definition) is 2. The number of amides is 1. The van der Waals surface area contributed by atoms with E-state index in [0.29, 0.717) is 0 Å². The van der Waals surface area contributed by atoms with Gasteiger partial charge >= 0.3 is 12.1 Å². The number of ether oxygens (including phenoxy) is 2. The molecule has 0 bridgehead atoms. The van der Waals surface area contributed by atoms with Crippen LogP contribution in [0, 0.1) is 0 Å². The summed E-state index contributed by atoms with van der Waals surface area (Å²) in [6, 6.07) is 0. The second kappa shape index (κ2) is 5.00. The number of carbonyl (C=O) groups excluding carboxylic acids is 1. The van der Waals surface area contributed by atoms with Gasteiger partial charge in [0.15, 0.2) is 0 Å². The van der Waals surface area contributed by atoms with Crippen LogP contribution < -0.4 is 5.32 Å². The zero-order chi connectivity index (χ0) is 14.9. The first-order chi connectivity index (χ1) is 8.46. The molecular weight excluding hydrogens is 250 g/mol. The van der Waals surface area contributed by atoms with Gasteiger partial charge in [0.25, 0.3) is 0 Å². The summed E-state index contributed by atoms with van der Waals surface area (Å²) in [5, 5.41) is 11.9. The number of rotatable bonds is 2. The molecule has 0 aromatic heterocycles. The Morgan fingerprint density at radius 1 is 1.32 bits per heavy atom. The van der Waals surface area contributed by atoms with Crippen LogP contribution >= 0.6 is 0 Å². The van der Waals surface area contributed by atoms with E-state index in [0.717, 1.165) is 0 Å². The van der Waals surface area contributed by atoms with Gasteiger partial charge in [-0.05, 0) is 34.6 Å². The van der Waals surface area contributed by atoms with E-state index in [-0.39, 0.29) is 19.4 Å². The monoisotopic (exact) mass is 273 g/mol. The van der Waals surface area contributed by atoms with E-state index in [9.17, 15) is 14.7 Å². The molecule has 1 aliphatic heterocycles. The molecule has 0 radical (unpaired) electrons. The Morgan fingerprint density at radius 3 is 2.32 bits per heavy atom. The standard InChI is InChI=1S/C13H23NO5/c1-11(2,3)19-10(17)14-13(9(15)16)6-7-18-12(4,5)8-13/h6-8H2,1-5H3,(H,14,17)(H,15,16)/t13-/m1/s1. The van der Waals surface area contributed by atoms with E-state index in [1.807, 2.05) is 0 Å². The third-order valence-corrected chi connectivity index (χ3v) is 2.90. The summed E-state index contributed by atoms with van der Waals surface area (Å²) in [5.41, 5.74) is -2.58. The maximum Gasteiger partial charge on any atom is 0.408 e. The van der Waals surface area contributed by atoms with E-state index in [4.69, 9.17) is 9.47 Å². The maximum atomic E-state index is 11.8. The number of carboxylic acid groups (broad SMARTS) is 1. The first kappa shape index (κ1) is 15.8. The normalized spacial score (nSPS) is 26.6. The molecule has 0 aliphatic carbocycles. The molecule has 1 rings (SSSR count). The second-order valence-electron chi connectivity index (χ2n) is 6.55. The van der Waals surface area contributed by atoms with Crippen molar-refractivity contribution in [3.8, 4) is 0 Å². The van der Waals surface area contributed by atoms with Gasteiger partial charge in [0.05, 0.1) is 12.2 Å². The summed E-state index contributed by atoms with van der Waals surface area (Å²) in [4.78, 5) is 23.3. The van der Waals surface area contributed by atoms with Gasteiger partial charge < -0.3 is 19.9 Å². The number of hydrogen-bond acceptors (Lipinski definition) is 4. The van der Waals surface area contributed by atoms with Gasteiger partial charge in [-0.2, -0.15) is 0 Å². The predicted octanol–water partition coefficient (Wildman–Crippen LogP) is 1.92. The van der Waals surface area contributed by atoms with Crippen LogP contribution in [0.4, 0.5) is 4.79 Å². The second-order valence-corrected chi connectivity index (χ2v) is 6.55. The Kier molecular flexibility index (Phi) is 4.14. The summed E-state index contributed by atoms with van der Waals surface area (Å²) in [7, 11) is 0. The van der Waals surface area contributed by atoms with Crippen molar-refractivity contribution in [3.63, 3.8) is 0 Å². The first-order valence-electron chi connectivity index (χ1n) is 6.34. The predicted molar refractivity (Wildman–Crippen MR) is 69.0 cm³/mol. The van der Waals surface area contributed by atoms with Crippen molar-refractivity contribution in [2.24, 2.45) is 0 Å². The van der Waals surface area contributed by atoms with Crippen molar-refractivity contribution in [2.45, 2.75) is 64.2 Å². The molecule has 0 spiro atoms. The number of carboxylic acids is 1. The highest BCUT2D eigenvalue weighted by atomic mass is 16.6. The molecule has 19 heavy (non-hydrogen) atoms. The van der Waals surface area contributed by atoms with Gasteiger partial charge in [-0.25, -0.2) is 9.59 Å². The molecule has 1 aliphatic rings. The molecular formula is C13H23NO5. The zero-order valence-electron chi connectivity index (χ0n) is 12.2. The summed E-state index contributed by atoms with van der Waals surface area (Å²) in [5.74, 6) is -1.06. The third-order valence-electron chi connectivity index (χ3n) is 2.90. The van der Waals surface area contributed by atoms with Gasteiger partial charge in [-0.1, -0.05) is 0 Å². The molecule has 0 unspecified atom stereocenters. The lowest BCUT2D eigenvalue weighted by molar-refractivity contribution is -0.157. The molecule has 1 fully saturated rings. The van der Waals surface area contributed by atoms with Crippen LogP contribution in [0.1, 0.15) is 47.5 Å². The topological polar surface area (TPSA) is 84.9 Å². The smallest absolute Gasteiger partial charge is 0.408 e. The van der Waals surface area contributed by atoms with Crippen molar-refractivity contribution in [2.75, 3.05) is 6.61 Å². The van der Waals surface area contributed by atoms with Gasteiger partial charge in [-0.15, -0.1) is 0 Å². The molecule has 6 nitrogen and oxygen atoms in total. The first-order valence-corrected chi connectivity index (χ1v) is 6.34. The minimum absolute atomic E-state index is 0.203. The Bertz CT molecular complexity index is 372. The highest BCUT2D eigenvalue weighted by molar-refractivity contribution is 5.84. The summed E-state index contributed by atoms with van der Waals surface area (Å²) >= 11 is 0. The average Bonchev–Trinajstić information content (AvgIpc) is 2.11. The number of alkyl carbamates (subject to hydrolysis) is 1. The molecule has 0 aromatic carbocycles. The van der Waals surface area contributed by atoms with Crippen molar-refractivity contribution >= 4 is 12.1 Å². The molecule has 6 heteroatoms. The fraction of sp³-hybridized carbons (Fsp3) is 0.846. The Labute approximate surface area is 113 Å². The molecule has 1 saturated heterocycles. The molecule has 1 amide bonds. The van der Waals surface area contributed by atoms with Crippen LogP contribution in [0.2, 0.25) is 0 Å². The largest absolute Gasteiger partial charge is 0.479 e. The number of nitrogens with one attached hydrogen (secondary N) is 1. The SMILES string of the molecule is CC(C)(C)OC(=O)N[C@]1(C(=O)O)CCOC(C)(C)C1. The van der Waals surface area contributed by atoms with Gasteiger partial charge in [0, 0.05) is 12.8 Å². The summed E-state index contributed by atoms with van der Waals surface area (Å²) < 4.78 is 10.6. The maximum absolute atomic E-state index is 11.8. The lowest BCUT2D eigenvalue weighted by Gasteiger charge is -2.42. The van der Waals surface area contributed by atoms with Crippen LogP contribution in [0.3, 0.4) is 0 Å². The Hall–Kier alpha value is -1.30. The minimum atomic E-state index is -1.33. The number of aliphatic carboxylic acids is 1. The van der Waals surface area contributed by atoms with Gasteiger partial charge in [0.2, 0.25) is 0 Å². The van der Waals surface area contributed by atoms with E-state index >= 15 is 0 Å². The molecule has 1 atom stereocenters. The molecule has 0 aromatic rings. The fourth-order valence-corrected chi connectivity index (χ4v) is 2.21. The lowest BCUT2D eigenvalue weighted by atomic mass is 9.81. The molecule has 2 N–H and O–H groups in total. The van der Waals surface area contributed by atoms with Gasteiger partial charge in [-0.3, -0.25) is 0 Å². The number of carbonyl (C=O) groups is 2. The molecule has 0 saturated carbocycles. The molecule has 110 valence electrons. The van der Waals surface area contributed by atoms with Crippen LogP contribution in [-0.2, 0) is 14.3 Å². The molecule has 1 heterocycles. The summed E-state index contributed by atoms with van der Waals surface area (Å²) in [6.45, 7) is 9.09.